The van der Waals surface area contributed by atoms with E-state index < -0.39 is 23.3 Å². The number of ether oxygens (including phenoxy) is 1. The van der Waals surface area contributed by atoms with Crippen LogP contribution in [-0.2, 0) is 6.18 Å². The summed E-state index contributed by atoms with van der Waals surface area (Å²) in [5.41, 5.74) is -1.42. The molecule has 1 fully saturated rings. The number of carboxylic acid groups (broad SMARTS) is 1. The first-order valence-electron chi connectivity index (χ1n) is 5.94. The van der Waals surface area contributed by atoms with Crippen LogP contribution in [-0.4, -0.2) is 17.7 Å². The van der Waals surface area contributed by atoms with Crippen molar-refractivity contribution in [1.82, 2.24) is 0 Å². The second-order valence-electron chi connectivity index (χ2n) is 4.66. The van der Waals surface area contributed by atoms with Gasteiger partial charge in [-0.05, 0) is 37.0 Å². The molecule has 1 saturated carbocycles. The molecule has 104 valence electrons. The van der Waals surface area contributed by atoms with E-state index in [2.05, 4.69) is 0 Å². The van der Waals surface area contributed by atoms with E-state index in [-0.39, 0.29) is 5.75 Å². The number of carbonyl (C=O) groups is 1. The maximum atomic E-state index is 12.6. The molecule has 0 spiro atoms. The lowest BCUT2D eigenvalue weighted by molar-refractivity contribution is -0.137. The van der Waals surface area contributed by atoms with Gasteiger partial charge in [-0.15, -0.1) is 0 Å². The number of rotatable bonds is 4. The molecular weight excluding hydrogens is 261 g/mol. The fourth-order valence-electron chi connectivity index (χ4n) is 1.84. The second-order valence-corrected chi connectivity index (χ2v) is 4.66. The Morgan fingerprint density at radius 2 is 2.00 bits per heavy atom. The molecule has 0 aromatic heterocycles. The van der Waals surface area contributed by atoms with Crippen LogP contribution in [0, 0.1) is 5.92 Å². The van der Waals surface area contributed by atoms with Crippen molar-refractivity contribution in [3.63, 3.8) is 0 Å². The lowest BCUT2D eigenvalue weighted by atomic mass is 9.86. The van der Waals surface area contributed by atoms with Gasteiger partial charge < -0.3 is 9.84 Å². The summed E-state index contributed by atoms with van der Waals surface area (Å²) in [6, 6.07) is 2.57. The van der Waals surface area contributed by atoms with Crippen molar-refractivity contribution in [1.29, 1.82) is 0 Å². The lowest BCUT2D eigenvalue weighted by Gasteiger charge is -2.25. The molecule has 0 bridgehead atoms. The Hall–Kier alpha value is -1.72. The average molecular weight is 274 g/mol. The van der Waals surface area contributed by atoms with E-state index in [1.165, 1.54) is 0 Å². The molecule has 1 aliphatic rings. The first kappa shape index (κ1) is 13.7. The summed E-state index contributed by atoms with van der Waals surface area (Å²) in [4.78, 5) is 10.8. The zero-order chi connectivity index (χ0) is 14.0. The summed E-state index contributed by atoms with van der Waals surface area (Å²) in [6.45, 7) is 0.334. The normalized spacial score (nSPS) is 15.9. The molecule has 0 atom stereocenters. The molecule has 6 heteroatoms. The standard InChI is InChI=1S/C13H13F3O3/c14-13(15,16)10-4-9(12(17)18)5-11(6-10)19-7-8-2-1-3-8/h4-6,8H,1-3,7H2,(H,17,18). The van der Waals surface area contributed by atoms with Crippen molar-refractivity contribution in [2.24, 2.45) is 5.92 Å². The lowest BCUT2D eigenvalue weighted by Crippen LogP contribution is -2.19. The van der Waals surface area contributed by atoms with Crippen LogP contribution in [0.25, 0.3) is 0 Å². The van der Waals surface area contributed by atoms with Gasteiger partial charge in [0, 0.05) is 0 Å². The Morgan fingerprint density at radius 1 is 1.32 bits per heavy atom. The molecule has 0 unspecified atom stereocenters. The van der Waals surface area contributed by atoms with Crippen LogP contribution in [0.2, 0.25) is 0 Å². The molecule has 2 rings (SSSR count). The van der Waals surface area contributed by atoms with E-state index >= 15 is 0 Å². The predicted molar refractivity (Wildman–Crippen MR) is 61.2 cm³/mol. The molecule has 1 aromatic carbocycles. The molecular formula is C13H13F3O3. The molecule has 1 aromatic rings. The molecule has 1 N–H and O–H groups in total. The Balaban J connectivity index is 2.20. The van der Waals surface area contributed by atoms with Gasteiger partial charge in [0.05, 0.1) is 17.7 Å². The van der Waals surface area contributed by atoms with Gasteiger partial charge in [-0.2, -0.15) is 13.2 Å². The van der Waals surface area contributed by atoms with Gasteiger partial charge in [0.2, 0.25) is 0 Å². The van der Waals surface area contributed by atoms with E-state index in [1.807, 2.05) is 0 Å². The van der Waals surface area contributed by atoms with Crippen molar-refractivity contribution in [3.05, 3.63) is 29.3 Å². The van der Waals surface area contributed by atoms with Gasteiger partial charge in [-0.1, -0.05) is 6.42 Å². The van der Waals surface area contributed by atoms with Crippen molar-refractivity contribution in [2.75, 3.05) is 6.61 Å². The van der Waals surface area contributed by atoms with Crippen molar-refractivity contribution < 1.29 is 27.8 Å². The van der Waals surface area contributed by atoms with Crippen molar-refractivity contribution in [3.8, 4) is 5.75 Å². The maximum absolute atomic E-state index is 12.6. The summed E-state index contributed by atoms with van der Waals surface area (Å²) in [6.07, 6.45) is -1.47. The van der Waals surface area contributed by atoms with Gasteiger partial charge in [0.25, 0.3) is 0 Å². The van der Waals surface area contributed by atoms with E-state index in [4.69, 9.17) is 9.84 Å². The zero-order valence-electron chi connectivity index (χ0n) is 10.0. The van der Waals surface area contributed by atoms with Crippen molar-refractivity contribution >= 4 is 5.97 Å². The summed E-state index contributed by atoms with van der Waals surface area (Å²) in [7, 11) is 0. The second kappa shape index (κ2) is 5.11. The average Bonchev–Trinajstić information content (AvgIpc) is 2.25. The highest BCUT2D eigenvalue weighted by Gasteiger charge is 2.32. The highest BCUT2D eigenvalue weighted by molar-refractivity contribution is 5.88. The van der Waals surface area contributed by atoms with Gasteiger partial charge >= 0.3 is 12.1 Å². The monoisotopic (exact) mass is 274 g/mol. The van der Waals surface area contributed by atoms with Gasteiger partial charge in [-0.25, -0.2) is 4.79 Å². The van der Waals surface area contributed by atoms with Crippen LogP contribution in [0.5, 0.6) is 5.75 Å². The van der Waals surface area contributed by atoms with Crippen LogP contribution in [0.4, 0.5) is 13.2 Å². The smallest absolute Gasteiger partial charge is 0.416 e. The first-order chi connectivity index (χ1) is 8.86. The van der Waals surface area contributed by atoms with Crippen LogP contribution in [0.1, 0.15) is 35.2 Å². The van der Waals surface area contributed by atoms with E-state index in [0.717, 1.165) is 31.4 Å². The van der Waals surface area contributed by atoms with Crippen LogP contribution in [0.3, 0.4) is 0 Å². The molecule has 0 radical (unpaired) electrons. The predicted octanol–water partition coefficient (Wildman–Crippen LogP) is 3.58. The highest BCUT2D eigenvalue weighted by atomic mass is 19.4. The van der Waals surface area contributed by atoms with E-state index in [1.54, 1.807) is 0 Å². The third kappa shape index (κ3) is 3.39. The Morgan fingerprint density at radius 3 is 2.47 bits per heavy atom. The minimum Gasteiger partial charge on any atom is -0.493 e. The zero-order valence-corrected chi connectivity index (χ0v) is 10.0. The van der Waals surface area contributed by atoms with Gasteiger partial charge in [-0.3, -0.25) is 0 Å². The third-order valence-electron chi connectivity index (χ3n) is 3.19. The number of carboxylic acids is 1. The highest BCUT2D eigenvalue weighted by Crippen LogP contribution is 2.33. The largest absolute Gasteiger partial charge is 0.493 e. The summed E-state index contributed by atoms with van der Waals surface area (Å²) >= 11 is 0. The molecule has 1 aliphatic carbocycles. The third-order valence-corrected chi connectivity index (χ3v) is 3.19. The van der Waals surface area contributed by atoms with Crippen LogP contribution < -0.4 is 4.74 Å². The van der Waals surface area contributed by atoms with E-state index in [0.29, 0.717) is 18.6 Å². The fraction of sp³-hybridized carbons (Fsp3) is 0.462. The number of aromatic carboxylic acids is 1. The molecule has 0 aliphatic heterocycles. The number of alkyl halides is 3. The molecule has 0 heterocycles. The number of benzene rings is 1. The maximum Gasteiger partial charge on any atom is 0.416 e. The number of halogens is 3. The SMILES string of the molecule is O=C(O)c1cc(OCC2CCC2)cc(C(F)(F)F)c1. The van der Waals surface area contributed by atoms with E-state index in [9.17, 15) is 18.0 Å². The molecule has 0 saturated heterocycles. The summed E-state index contributed by atoms with van der Waals surface area (Å²) < 4.78 is 43.2. The Bertz CT molecular complexity index is 479. The number of hydrogen-bond donors (Lipinski definition) is 1. The number of hydrogen-bond acceptors (Lipinski definition) is 2. The topological polar surface area (TPSA) is 46.5 Å². The van der Waals surface area contributed by atoms with Gasteiger partial charge in [0.15, 0.2) is 0 Å². The summed E-state index contributed by atoms with van der Waals surface area (Å²) in [5.74, 6) is -1.08. The first-order valence-corrected chi connectivity index (χ1v) is 5.94. The fourth-order valence-corrected chi connectivity index (χ4v) is 1.84. The molecule has 3 nitrogen and oxygen atoms in total. The minimum atomic E-state index is -4.58. The minimum absolute atomic E-state index is 0.0425. The van der Waals surface area contributed by atoms with Crippen molar-refractivity contribution in [2.45, 2.75) is 25.4 Å². The van der Waals surface area contributed by atoms with Gasteiger partial charge in [0.1, 0.15) is 5.75 Å². The summed E-state index contributed by atoms with van der Waals surface area (Å²) in [5, 5.41) is 8.81. The Labute approximate surface area is 108 Å². The van der Waals surface area contributed by atoms with Crippen LogP contribution >= 0.6 is 0 Å². The molecule has 19 heavy (non-hydrogen) atoms. The van der Waals surface area contributed by atoms with Crippen LogP contribution in [0.15, 0.2) is 18.2 Å². The molecule has 0 amide bonds. The Kier molecular flexibility index (Phi) is 3.68. The quantitative estimate of drug-likeness (QED) is 0.912.